The fourth-order valence-electron chi connectivity index (χ4n) is 3.44. The molecule has 1 saturated heterocycles. The maximum atomic E-state index is 4.76. The van der Waals surface area contributed by atoms with Crippen LogP contribution in [0, 0.1) is 5.92 Å². The summed E-state index contributed by atoms with van der Waals surface area (Å²) in [5, 5.41) is 7.07. The van der Waals surface area contributed by atoms with E-state index in [9.17, 15) is 0 Å². The van der Waals surface area contributed by atoms with E-state index in [0.717, 1.165) is 38.1 Å². The molecule has 2 unspecified atom stereocenters. The van der Waals surface area contributed by atoms with E-state index in [1.807, 2.05) is 0 Å². The summed E-state index contributed by atoms with van der Waals surface area (Å²) >= 11 is 0. The third kappa shape index (κ3) is 5.23. The number of nitrogens with one attached hydrogen (secondary N) is 2. The molecule has 1 aromatic rings. The highest BCUT2D eigenvalue weighted by atomic mass is 15.2. The molecule has 0 amide bonds. The van der Waals surface area contributed by atoms with Gasteiger partial charge >= 0.3 is 0 Å². The van der Waals surface area contributed by atoms with Gasteiger partial charge in [0.15, 0.2) is 5.96 Å². The first kappa shape index (κ1) is 17.3. The van der Waals surface area contributed by atoms with E-state index >= 15 is 0 Å². The monoisotopic (exact) mass is 328 g/mol. The lowest BCUT2D eigenvalue weighted by Crippen LogP contribution is -2.51. The van der Waals surface area contributed by atoms with Gasteiger partial charge < -0.3 is 10.6 Å². The van der Waals surface area contributed by atoms with Gasteiger partial charge in [0.2, 0.25) is 0 Å². The second-order valence-electron chi connectivity index (χ2n) is 7.33. The molecule has 2 aliphatic rings. The number of hydrogen-bond acceptors (Lipinski definition) is 2. The average molecular weight is 329 g/mol. The van der Waals surface area contributed by atoms with E-state index < -0.39 is 0 Å². The predicted molar refractivity (Wildman–Crippen MR) is 101 cm³/mol. The zero-order valence-electron chi connectivity index (χ0n) is 15.2. The largest absolute Gasteiger partial charge is 0.357 e. The maximum Gasteiger partial charge on any atom is 0.191 e. The molecule has 2 fully saturated rings. The van der Waals surface area contributed by atoms with E-state index in [1.54, 1.807) is 0 Å². The van der Waals surface area contributed by atoms with Crippen LogP contribution in [0.3, 0.4) is 0 Å². The van der Waals surface area contributed by atoms with Gasteiger partial charge in [-0.05, 0) is 51.0 Å². The molecule has 3 rings (SSSR count). The Hall–Kier alpha value is -1.55. The molecular weight excluding hydrogens is 296 g/mol. The normalized spacial score (nSPS) is 25.5. The fraction of sp³-hybridized carbons (Fsp3) is 0.650. The Kier molecular flexibility index (Phi) is 6.13. The van der Waals surface area contributed by atoms with Crippen molar-refractivity contribution in [3.8, 4) is 0 Å². The van der Waals surface area contributed by atoms with Crippen LogP contribution in [-0.2, 0) is 6.54 Å². The average Bonchev–Trinajstić information content (AvgIpc) is 3.41. The molecule has 1 aliphatic heterocycles. The molecule has 0 bridgehead atoms. The Bertz CT molecular complexity index is 524. The first-order chi connectivity index (χ1) is 11.7. The predicted octanol–water partition coefficient (Wildman–Crippen LogP) is 3.00. The van der Waals surface area contributed by atoms with E-state index in [0.29, 0.717) is 12.1 Å². The molecular formula is C20H32N4. The minimum absolute atomic E-state index is 0.532. The van der Waals surface area contributed by atoms with Crippen LogP contribution < -0.4 is 10.6 Å². The number of hydrogen-bond donors (Lipinski definition) is 2. The SMILES string of the molecule is CCNC(=NCC1CC1)NC1CCN(Cc2ccccc2)C(C)C1. The Morgan fingerprint density at radius 3 is 2.67 bits per heavy atom. The van der Waals surface area contributed by atoms with Crippen molar-refractivity contribution in [1.82, 2.24) is 15.5 Å². The van der Waals surface area contributed by atoms with Gasteiger partial charge in [-0.2, -0.15) is 0 Å². The van der Waals surface area contributed by atoms with Gasteiger partial charge in [-0.15, -0.1) is 0 Å². The van der Waals surface area contributed by atoms with Crippen molar-refractivity contribution < 1.29 is 0 Å². The van der Waals surface area contributed by atoms with E-state index in [-0.39, 0.29) is 0 Å². The lowest BCUT2D eigenvalue weighted by Gasteiger charge is -2.38. The summed E-state index contributed by atoms with van der Waals surface area (Å²) in [6.07, 6.45) is 5.08. The summed E-state index contributed by atoms with van der Waals surface area (Å²) in [4.78, 5) is 7.36. The van der Waals surface area contributed by atoms with Crippen LogP contribution in [0.1, 0.15) is 45.1 Å². The molecule has 2 atom stereocenters. The molecule has 1 heterocycles. The number of nitrogens with zero attached hydrogens (tertiary/aromatic N) is 2. The molecule has 132 valence electrons. The summed E-state index contributed by atoms with van der Waals surface area (Å²) in [7, 11) is 0. The Morgan fingerprint density at radius 1 is 1.21 bits per heavy atom. The van der Waals surface area contributed by atoms with Crippen LogP contribution in [0.4, 0.5) is 0 Å². The quantitative estimate of drug-likeness (QED) is 0.623. The second kappa shape index (κ2) is 8.52. The van der Waals surface area contributed by atoms with Crippen molar-refractivity contribution in [2.75, 3.05) is 19.6 Å². The summed E-state index contributed by atoms with van der Waals surface area (Å²) in [6, 6.07) is 11.9. The van der Waals surface area contributed by atoms with Gasteiger partial charge in [-0.1, -0.05) is 30.3 Å². The summed E-state index contributed by atoms with van der Waals surface area (Å²) in [5.41, 5.74) is 1.41. The zero-order valence-corrected chi connectivity index (χ0v) is 15.2. The molecule has 1 saturated carbocycles. The van der Waals surface area contributed by atoms with Crippen LogP contribution in [0.2, 0.25) is 0 Å². The molecule has 4 heteroatoms. The zero-order chi connectivity index (χ0) is 16.8. The highest BCUT2D eigenvalue weighted by Gasteiger charge is 2.26. The van der Waals surface area contributed by atoms with Crippen molar-refractivity contribution in [1.29, 1.82) is 0 Å². The van der Waals surface area contributed by atoms with Crippen LogP contribution in [0.25, 0.3) is 0 Å². The van der Waals surface area contributed by atoms with Crippen LogP contribution in [-0.4, -0.2) is 42.6 Å². The molecule has 4 nitrogen and oxygen atoms in total. The maximum absolute atomic E-state index is 4.76. The van der Waals surface area contributed by atoms with E-state index in [1.165, 1.54) is 31.2 Å². The second-order valence-corrected chi connectivity index (χ2v) is 7.33. The molecule has 0 radical (unpaired) electrons. The Labute approximate surface area is 146 Å². The smallest absolute Gasteiger partial charge is 0.191 e. The lowest BCUT2D eigenvalue weighted by atomic mass is 9.97. The van der Waals surface area contributed by atoms with Crippen LogP contribution in [0.15, 0.2) is 35.3 Å². The van der Waals surface area contributed by atoms with Gasteiger partial charge in [-0.3, -0.25) is 9.89 Å². The van der Waals surface area contributed by atoms with Crippen molar-refractivity contribution in [2.24, 2.45) is 10.9 Å². The van der Waals surface area contributed by atoms with Gasteiger partial charge in [0.25, 0.3) is 0 Å². The van der Waals surface area contributed by atoms with Crippen molar-refractivity contribution in [3.05, 3.63) is 35.9 Å². The number of aliphatic imine (C=N–C) groups is 1. The van der Waals surface area contributed by atoms with Gasteiger partial charge in [0.05, 0.1) is 0 Å². The first-order valence-corrected chi connectivity index (χ1v) is 9.57. The number of rotatable bonds is 6. The van der Waals surface area contributed by atoms with E-state index in [4.69, 9.17) is 4.99 Å². The minimum Gasteiger partial charge on any atom is -0.357 e. The lowest BCUT2D eigenvalue weighted by molar-refractivity contribution is 0.134. The molecule has 0 spiro atoms. The minimum atomic E-state index is 0.532. The highest BCUT2D eigenvalue weighted by Crippen LogP contribution is 2.28. The van der Waals surface area contributed by atoms with Gasteiger partial charge in [-0.25, -0.2) is 0 Å². The van der Waals surface area contributed by atoms with Crippen LogP contribution >= 0.6 is 0 Å². The standard InChI is InChI=1S/C20H32N4/c1-3-21-20(22-14-17-9-10-17)23-19-11-12-24(16(2)13-19)15-18-7-5-4-6-8-18/h4-8,16-17,19H,3,9-15H2,1-2H3,(H2,21,22,23). The van der Waals surface area contributed by atoms with Crippen molar-refractivity contribution >= 4 is 5.96 Å². The number of likely N-dealkylation sites (tertiary alicyclic amines) is 1. The number of benzene rings is 1. The van der Waals surface area contributed by atoms with Gasteiger partial charge in [0, 0.05) is 38.3 Å². The third-order valence-corrected chi connectivity index (χ3v) is 5.13. The first-order valence-electron chi connectivity index (χ1n) is 9.57. The topological polar surface area (TPSA) is 39.7 Å². The van der Waals surface area contributed by atoms with Crippen molar-refractivity contribution in [2.45, 2.75) is 58.2 Å². The molecule has 0 aromatic heterocycles. The van der Waals surface area contributed by atoms with E-state index in [2.05, 4.69) is 59.7 Å². The summed E-state index contributed by atoms with van der Waals surface area (Å²) in [6.45, 7) is 8.61. The molecule has 1 aromatic carbocycles. The molecule has 24 heavy (non-hydrogen) atoms. The fourth-order valence-corrected chi connectivity index (χ4v) is 3.44. The summed E-state index contributed by atoms with van der Waals surface area (Å²) in [5.74, 6) is 1.85. The number of piperidine rings is 1. The highest BCUT2D eigenvalue weighted by molar-refractivity contribution is 5.80. The Morgan fingerprint density at radius 2 is 2.00 bits per heavy atom. The third-order valence-electron chi connectivity index (χ3n) is 5.13. The molecule has 1 aliphatic carbocycles. The Balaban J connectivity index is 1.49. The van der Waals surface area contributed by atoms with Crippen molar-refractivity contribution in [3.63, 3.8) is 0 Å². The van der Waals surface area contributed by atoms with Gasteiger partial charge in [0.1, 0.15) is 0 Å². The summed E-state index contributed by atoms with van der Waals surface area (Å²) < 4.78 is 0. The van der Waals surface area contributed by atoms with Crippen LogP contribution in [0.5, 0.6) is 0 Å². The molecule has 2 N–H and O–H groups in total. The number of guanidine groups is 1.